The minimum absolute atomic E-state index is 0.0400. The molecule has 0 aromatic carbocycles. The number of hydrogen-bond donors (Lipinski definition) is 1. The lowest BCUT2D eigenvalue weighted by atomic mass is 9.78. The largest absolute Gasteiger partial charge is 0.392 e. The van der Waals surface area contributed by atoms with Crippen molar-refractivity contribution in [1.82, 2.24) is 0 Å². The first-order valence-electron chi connectivity index (χ1n) is 6.25. The van der Waals surface area contributed by atoms with E-state index in [9.17, 15) is 9.90 Å². The lowest BCUT2D eigenvalue weighted by Gasteiger charge is -2.30. The number of carbonyl (C=O) groups is 1. The summed E-state index contributed by atoms with van der Waals surface area (Å²) in [5.74, 6) is 0.413. The fraction of sp³-hybridized carbons (Fsp3) is 0.923. The van der Waals surface area contributed by atoms with Crippen LogP contribution in [0.2, 0.25) is 0 Å². The third kappa shape index (κ3) is 3.30. The zero-order valence-corrected chi connectivity index (χ0v) is 10.2. The van der Waals surface area contributed by atoms with E-state index in [0.717, 1.165) is 12.8 Å². The molecule has 0 spiro atoms. The Labute approximate surface area is 93.1 Å². The predicted octanol–water partition coefficient (Wildman–Crippen LogP) is 2.79. The van der Waals surface area contributed by atoms with Gasteiger partial charge in [0, 0.05) is 11.8 Å². The molecule has 0 saturated heterocycles. The van der Waals surface area contributed by atoms with Gasteiger partial charge in [-0.25, -0.2) is 0 Å². The molecule has 0 aromatic heterocycles. The smallest absolute Gasteiger partial charge is 0.140 e. The monoisotopic (exact) mass is 212 g/mol. The van der Waals surface area contributed by atoms with Gasteiger partial charge in [0.15, 0.2) is 0 Å². The quantitative estimate of drug-likeness (QED) is 0.778. The van der Waals surface area contributed by atoms with Crippen LogP contribution in [0.5, 0.6) is 0 Å². The molecule has 88 valence electrons. The molecular formula is C13H24O2. The van der Waals surface area contributed by atoms with E-state index in [4.69, 9.17) is 0 Å². The number of aliphatic hydroxyl groups is 1. The van der Waals surface area contributed by atoms with Crippen molar-refractivity contribution in [2.75, 3.05) is 0 Å². The summed E-state index contributed by atoms with van der Waals surface area (Å²) in [6, 6.07) is 0. The summed E-state index contributed by atoms with van der Waals surface area (Å²) >= 11 is 0. The van der Waals surface area contributed by atoms with Crippen LogP contribution in [0.15, 0.2) is 0 Å². The predicted molar refractivity (Wildman–Crippen MR) is 61.6 cm³/mol. The molecular weight excluding hydrogens is 188 g/mol. The molecule has 1 fully saturated rings. The van der Waals surface area contributed by atoms with Crippen molar-refractivity contribution in [1.29, 1.82) is 0 Å². The van der Waals surface area contributed by atoms with E-state index in [1.807, 2.05) is 20.8 Å². The average Bonchev–Trinajstić information content (AvgIpc) is 2.27. The molecule has 1 rings (SSSR count). The van der Waals surface area contributed by atoms with Crippen molar-refractivity contribution in [2.45, 2.75) is 59.0 Å². The molecule has 0 radical (unpaired) electrons. The van der Waals surface area contributed by atoms with Gasteiger partial charge in [-0.05, 0) is 18.8 Å². The molecule has 0 amide bonds. The second-order valence-corrected chi connectivity index (χ2v) is 5.23. The molecule has 0 unspecified atom stereocenters. The fourth-order valence-corrected chi connectivity index (χ4v) is 2.58. The Kier molecular flexibility index (Phi) is 4.78. The summed E-state index contributed by atoms with van der Waals surface area (Å²) < 4.78 is 0. The number of Topliss-reactive ketones (excluding diaryl/α,β-unsaturated/α-hetero) is 1. The van der Waals surface area contributed by atoms with Crippen LogP contribution >= 0.6 is 0 Å². The van der Waals surface area contributed by atoms with Gasteiger partial charge >= 0.3 is 0 Å². The third-order valence-electron chi connectivity index (χ3n) is 3.66. The van der Waals surface area contributed by atoms with Crippen LogP contribution in [0.25, 0.3) is 0 Å². The van der Waals surface area contributed by atoms with E-state index in [-0.39, 0.29) is 17.6 Å². The van der Waals surface area contributed by atoms with Crippen molar-refractivity contribution < 1.29 is 9.90 Å². The lowest BCUT2D eigenvalue weighted by molar-refractivity contribution is -0.130. The highest BCUT2D eigenvalue weighted by Crippen LogP contribution is 2.30. The maximum atomic E-state index is 11.8. The maximum Gasteiger partial charge on any atom is 0.140 e. The normalized spacial score (nSPS) is 22.7. The Morgan fingerprint density at radius 1 is 1.13 bits per heavy atom. The van der Waals surface area contributed by atoms with Crippen LogP contribution in [0.4, 0.5) is 0 Å². The minimum atomic E-state index is -0.416. The van der Waals surface area contributed by atoms with Gasteiger partial charge in [0.25, 0.3) is 0 Å². The van der Waals surface area contributed by atoms with E-state index in [2.05, 4.69) is 0 Å². The van der Waals surface area contributed by atoms with Crippen LogP contribution < -0.4 is 0 Å². The molecule has 0 aromatic rings. The van der Waals surface area contributed by atoms with Crippen LogP contribution in [0, 0.1) is 17.8 Å². The van der Waals surface area contributed by atoms with E-state index in [1.54, 1.807) is 0 Å². The molecule has 0 bridgehead atoms. The Bertz CT molecular complexity index is 205. The topological polar surface area (TPSA) is 37.3 Å². The Balaban J connectivity index is 2.50. The summed E-state index contributed by atoms with van der Waals surface area (Å²) in [5.41, 5.74) is 0. The molecule has 2 nitrogen and oxygen atoms in total. The highest BCUT2D eigenvalue weighted by molar-refractivity contribution is 5.83. The highest BCUT2D eigenvalue weighted by Gasteiger charge is 2.30. The van der Waals surface area contributed by atoms with Crippen LogP contribution in [-0.4, -0.2) is 17.0 Å². The molecule has 1 aliphatic carbocycles. The fourth-order valence-electron chi connectivity index (χ4n) is 2.58. The van der Waals surface area contributed by atoms with Crippen molar-refractivity contribution in [2.24, 2.45) is 17.8 Å². The molecule has 1 aliphatic rings. The van der Waals surface area contributed by atoms with Crippen molar-refractivity contribution in [3.8, 4) is 0 Å². The Hall–Kier alpha value is -0.370. The first-order valence-corrected chi connectivity index (χ1v) is 6.25. The standard InChI is InChI=1S/C13H24O2/c1-9(2)12(14)10(3)13(15)11-7-5-4-6-8-11/h9-11,13,15H,4-8H2,1-3H3/t10-,13+/m0/s1. The van der Waals surface area contributed by atoms with Gasteiger partial charge in [-0.3, -0.25) is 4.79 Å². The summed E-state index contributed by atoms with van der Waals surface area (Å²) in [7, 11) is 0. The van der Waals surface area contributed by atoms with Crippen molar-refractivity contribution >= 4 is 5.78 Å². The zero-order valence-electron chi connectivity index (χ0n) is 10.2. The van der Waals surface area contributed by atoms with E-state index < -0.39 is 6.10 Å². The molecule has 1 saturated carbocycles. The summed E-state index contributed by atoms with van der Waals surface area (Å²) in [6.07, 6.45) is 5.48. The zero-order chi connectivity index (χ0) is 11.4. The Morgan fingerprint density at radius 2 is 1.67 bits per heavy atom. The van der Waals surface area contributed by atoms with Gasteiger partial charge in [0.1, 0.15) is 5.78 Å². The van der Waals surface area contributed by atoms with Crippen LogP contribution in [0.1, 0.15) is 52.9 Å². The number of hydrogen-bond acceptors (Lipinski definition) is 2. The molecule has 2 heteroatoms. The van der Waals surface area contributed by atoms with E-state index in [1.165, 1.54) is 19.3 Å². The second kappa shape index (κ2) is 5.64. The molecule has 15 heavy (non-hydrogen) atoms. The van der Waals surface area contributed by atoms with E-state index in [0.29, 0.717) is 5.92 Å². The average molecular weight is 212 g/mol. The first kappa shape index (κ1) is 12.7. The minimum Gasteiger partial charge on any atom is -0.392 e. The second-order valence-electron chi connectivity index (χ2n) is 5.23. The van der Waals surface area contributed by atoms with Crippen LogP contribution in [-0.2, 0) is 4.79 Å². The number of ketones is 1. The summed E-state index contributed by atoms with van der Waals surface area (Å²) in [6.45, 7) is 5.69. The number of rotatable bonds is 4. The van der Waals surface area contributed by atoms with Gasteiger partial charge in [0.2, 0.25) is 0 Å². The highest BCUT2D eigenvalue weighted by atomic mass is 16.3. The van der Waals surface area contributed by atoms with Gasteiger partial charge in [-0.1, -0.05) is 40.0 Å². The van der Waals surface area contributed by atoms with Crippen molar-refractivity contribution in [3.05, 3.63) is 0 Å². The number of aliphatic hydroxyl groups excluding tert-OH is 1. The van der Waals surface area contributed by atoms with Gasteiger partial charge in [-0.15, -0.1) is 0 Å². The first-order chi connectivity index (χ1) is 7.04. The van der Waals surface area contributed by atoms with E-state index >= 15 is 0 Å². The number of carbonyl (C=O) groups excluding carboxylic acids is 1. The lowest BCUT2D eigenvalue weighted by Crippen LogP contribution is -2.35. The third-order valence-corrected chi connectivity index (χ3v) is 3.66. The maximum absolute atomic E-state index is 11.8. The molecule has 2 atom stereocenters. The Morgan fingerprint density at radius 3 is 2.13 bits per heavy atom. The summed E-state index contributed by atoms with van der Waals surface area (Å²) in [5, 5.41) is 10.1. The van der Waals surface area contributed by atoms with Crippen molar-refractivity contribution in [3.63, 3.8) is 0 Å². The van der Waals surface area contributed by atoms with Crippen LogP contribution in [0.3, 0.4) is 0 Å². The summed E-state index contributed by atoms with van der Waals surface area (Å²) in [4.78, 5) is 11.8. The van der Waals surface area contributed by atoms with Gasteiger partial charge in [-0.2, -0.15) is 0 Å². The molecule has 0 aliphatic heterocycles. The molecule has 1 N–H and O–H groups in total. The van der Waals surface area contributed by atoms with Gasteiger partial charge in [0.05, 0.1) is 6.10 Å². The van der Waals surface area contributed by atoms with Gasteiger partial charge < -0.3 is 5.11 Å². The SMILES string of the molecule is CC(C)C(=O)[C@H](C)[C@@H](O)C1CCCCC1. The molecule has 0 heterocycles.